The fourth-order valence-corrected chi connectivity index (χ4v) is 6.63. The maximum Gasteiger partial charge on any atom is 0.296 e. The van der Waals surface area contributed by atoms with E-state index in [0.717, 1.165) is 26.0 Å². The second-order valence-electron chi connectivity index (χ2n) is 11.1. The van der Waals surface area contributed by atoms with Crippen molar-refractivity contribution in [3.8, 4) is 5.82 Å². The van der Waals surface area contributed by atoms with Gasteiger partial charge in [-0.1, -0.05) is 12.1 Å². The fraction of sp³-hybridized carbons (Fsp3) is 0.621. The van der Waals surface area contributed by atoms with Crippen molar-refractivity contribution >= 4 is 22.8 Å². The van der Waals surface area contributed by atoms with Gasteiger partial charge in [-0.05, 0) is 63.1 Å². The van der Waals surface area contributed by atoms with E-state index in [0.29, 0.717) is 72.9 Å². The van der Waals surface area contributed by atoms with Crippen LogP contribution in [0.2, 0.25) is 0 Å². The van der Waals surface area contributed by atoms with Gasteiger partial charge in [0, 0.05) is 44.9 Å². The first kappa shape index (κ1) is 27.3. The number of halogens is 2. The molecule has 6 rings (SSSR count). The number of ether oxygens (including phenoxy) is 2. The van der Waals surface area contributed by atoms with E-state index in [4.69, 9.17) is 19.4 Å². The number of likely N-dealkylation sites (tertiary alicyclic amines) is 1. The molecule has 3 aromatic rings. The summed E-state index contributed by atoms with van der Waals surface area (Å²) in [5.41, 5.74) is 1.11. The number of aromatic nitrogens is 4. The number of hydrogen-bond donors (Lipinski definition) is 1. The normalized spacial score (nSPS) is 24.3. The Hall–Kier alpha value is -2.89. The summed E-state index contributed by atoms with van der Waals surface area (Å²) in [4.78, 5) is 18.6. The molecular weight excluding hydrogens is 516 g/mol. The highest BCUT2D eigenvalue weighted by Gasteiger charge is 2.33. The van der Waals surface area contributed by atoms with Crippen molar-refractivity contribution in [1.29, 1.82) is 0 Å². The van der Waals surface area contributed by atoms with Crippen molar-refractivity contribution < 1.29 is 18.3 Å². The molecule has 2 aliphatic heterocycles. The highest BCUT2D eigenvalue weighted by molar-refractivity contribution is 5.78. The van der Waals surface area contributed by atoms with E-state index in [1.165, 1.54) is 36.8 Å². The van der Waals surface area contributed by atoms with E-state index >= 15 is 0 Å². The van der Waals surface area contributed by atoms with Crippen molar-refractivity contribution in [3.63, 3.8) is 0 Å². The molecule has 0 bridgehead atoms. The lowest BCUT2D eigenvalue weighted by Crippen LogP contribution is -2.43. The molecule has 216 valence electrons. The number of fused-ring (bicyclic) bond motifs is 1. The van der Waals surface area contributed by atoms with E-state index in [9.17, 15) is 8.78 Å². The zero-order valence-corrected chi connectivity index (χ0v) is 23.1. The molecule has 0 unspecified atom stereocenters. The maximum atomic E-state index is 14.1. The SMILES string of the molecule is COC[C@H]1CCCN1C1CCC(CNc2nc(N3CCOCC3)cc(-n3c(C(F)F)nc4ccccc43)n2)CC1. The zero-order valence-electron chi connectivity index (χ0n) is 23.1. The number of benzene rings is 1. The lowest BCUT2D eigenvalue weighted by Gasteiger charge is -2.37. The summed E-state index contributed by atoms with van der Waals surface area (Å²) in [7, 11) is 1.80. The second-order valence-corrected chi connectivity index (χ2v) is 11.1. The van der Waals surface area contributed by atoms with Crippen LogP contribution in [0.1, 0.15) is 50.8 Å². The summed E-state index contributed by atoms with van der Waals surface area (Å²) >= 11 is 0. The van der Waals surface area contributed by atoms with Crippen LogP contribution < -0.4 is 10.2 Å². The summed E-state index contributed by atoms with van der Waals surface area (Å²) < 4.78 is 40.7. The number of rotatable bonds is 9. The molecule has 11 heteroatoms. The largest absolute Gasteiger partial charge is 0.383 e. The number of para-hydroxylation sites is 2. The number of anilines is 2. The molecule has 0 amide bonds. The number of imidazole rings is 1. The van der Waals surface area contributed by atoms with Crippen LogP contribution in [0, 0.1) is 5.92 Å². The molecule has 0 radical (unpaired) electrons. The predicted octanol–water partition coefficient (Wildman–Crippen LogP) is 4.67. The third-order valence-electron chi connectivity index (χ3n) is 8.66. The van der Waals surface area contributed by atoms with Gasteiger partial charge in [0.25, 0.3) is 6.43 Å². The molecule has 1 atom stereocenters. The minimum atomic E-state index is -2.74. The Morgan fingerprint density at radius 1 is 1.00 bits per heavy atom. The highest BCUT2D eigenvalue weighted by Crippen LogP contribution is 2.33. The molecule has 2 aromatic heterocycles. The molecule has 1 aliphatic carbocycles. The van der Waals surface area contributed by atoms with Gasteiger partial charge in [0.1, 0.15) is 11.6 Å². The Bertz CT molecular complexity index is 1270. The van der Waals surface area contributed by atoms with Crippen LogP contribution in [0.15, 0.2) is 30.3 Å². The van der Waals surface area contributed by atoms with E-state index in [1.807, 2.05) is 6.07 Å². The topological polar surface area (TPSA) is 80.6 Å². The zero-order chi connectivity index (χ0) is 27.5. The minimum Gasteiger partial charge on any atom is -0.383 e. The summed E-state index contributed by atoms with van der Waals surface area (Å²) in [5, 5.41) is 3.47. The van der Waals surface area contributed by atoms with E-state index < -0.39 is 6.43 Å². The van der Waals surface area contributed by atoms with Crippen molar-refractivity contribution in [2.45, 2.75) is 57.0 Å². The number of nitrogens with zero attached hydrogens (tertiary/aromatic N) is 6. The summed E-state index contributed by atoms with van der Waals surface area (Å²) in [5.74, 6) is 1.76. The van der Waals surface area contributed by atoms with Gasteiger partial charge in [-0.3, -0.25) is 9.47 Å². The lowest BCUT2D eigenvalue weighted by atomic mass is 9.85. The molecular formula is C29H39F2N7O2. The number of alkyl halides is 2. The molecule has 4 heterocycles. The van der Waals surface area contributed by atoms with Gasteiger partial charge in [0.2, 0.25) is 5.95 Å². The van der Waals surface area contributed by atoms with Gasteiger partial charge < -0.3 is 19.7 Å². The summed E-state index contributed by atoms with van der Waals surface area (Å²) in [6, 6.07) is 10.1. The van der Waals surface area contributed by atoms with Crippen molar-refractivity contribution in [1.82, 2.24) is 24.4 Å². The molecule has 40 heavy (non-hydrogen) atoms. The molecule has 9 nitrogen and oxygen atoms in total. The van der Waals surface area contributed by atoms with Gasteiger partial charge in [-0.15, -0.1) is 0 Å². The van der Waals surface area contributed by atoms with Crippen LogP contribution in [0.25, 0.3) is 16.9 Å². The Labute approximate surface area is 233 Å². The molecule has 3 aliphatic rings. The molecule has 1 saturated carbocycles. The van der Waals surface area contributed by atoms with Crippen molar-refractivity contribution in [3.05, 3.63) is 36.2 Å². The average molecular weight is 556 g/mol. The monoisotopic (exact) mass is 555 g/mol. The molecule has 0 spiro atoms. The quantitative estimate of drug-likeness (QED) is 0.408. The molecule has 1 aromatic carbocycles. The first-order valence-electron chi connectivity index (χ1n) is 14.6. The summed E-state index contributed by atoms with van der Waals surface area (Å²) in [6.45, 7) is 5.33. The smallest absolute Gasteiger partial charge is 0.296 e. The Morgan fingerprint density at radius 2 is 1.77 bits per heavy atom. The minimum absolute atomic E-state index is 0.314. The summed E-state index contributed by atoms with van der Waals surface area (Å²) in [6.07, 6.45) is 4.41. The number of nitrogens with one attached hydrogen (secondary N) is 1. The van der Waals surface area contributed by atoms with Crippen LogP contribution in [-0.2, 0) is 9.47 Å². The predicted molar refractivity (Wildman–Crippen MR) is 150 cm³/mol. The van der Waals surface area contributed by atoms with Gasteiger partial charge in [-0.25, -0.2) is 13.8 Å². The Balaban J connectivity index is 1.21. The van der Waals surface area contributed by atoms with Gasteiger partial charge in [0.15, 0.2) is 5.82 Å². The Kier molecular flexibility index (Phi) is 8.40. The molecule has 3 fully saturated rings. The van der Waals surface area contributed by atoms with Crippen LogP contribution in [-0.4, -0.2) is 89.6 Å². The first-order chi connectivity index (χ1) is 19.6. The van der Waals surface area contributed by atoms with Crippen LogP contribution >= 0.6 is 0 Å². The van der Waals surface area contributed by atoms with Crippen molar-refractivity contribution in [2.24, 2.45) is 5.92 Å². The number of morpholine rings is 1. The lowest BCUT2D eigenvalue weighted by molar-refractivity contribution is 0.0688. The van der Waals surface area contributed by atoms with Crippen LogP contribution in [0.3, 0.4) is 0 Å². The second kappa shape index (κ2) is 12.3. The van der Waals surface area contributed by atoms with E-state index in [-0.39, 0.29) is 5.82 Å². The van der Waals surface area contributed by atoms with Gasteiger partial charge >= 0.3 is 0 Å². The third kappa shape index (κ3) is 5.77. The van der Waals surface area contributed by atoms with Crippen molar-refractivity contribution in [2.75, 3.05) is 63.3 Å². The first-order valence-corrected chi connectivity index (χ1v) is 14.6. The number of hydrogen-bond acceptors (Lipinski definition) is 8. The third-order valence-corrected chi connectivity index (χ3v) is 8.66. The van der Waals surface area contributed by atoms with Gasteiger partial charge in [-0.2, -0.15) is 9.97 Å². The highest BCUT2D eigenvalue weighted by atomic mass is 19.3. The Morgan fingerprint density at radius 3 is 2.55 bits per heavy atom. The van der Waals surface area contributed by atoms with E-state index in [2.05, 4.69) is 20.1 Å². The molecule has 2 saturated heterocycles. The fourth-order valence-electron chi connectivity index (χ4n) is 6.63. The van der Waals surface area contributed by atoms with Crippen LogP contribution in [0.4, 0.5) is 20.5 Å². The number of methoxy groups -OCH3 is 1. The van der Waals surface area contributed by atoms with Gasteiger partial charge in [0.05, 0.1) is 30.9 Å². The maximum absolute atomic E-state index is 14.1. The standard InChI is InChI=1S/C29H39F2N7O2/c1-39-19-22-5-4-12-37(22)21-10-8-20(9-11-21)18-32-29-34-25(36-13-15-40-16-14-36)17-26(35-29)38-24-7-3-2-6-23(24)33-28(38)27(30)31/h2-3,6-7,17,20-22,27H,4-5,8-16,18-19H2,1H3,(H,32,34,35)/t20?,21?,22-/m1/s1. The average Bonchev–Trinajstić information content (AvgIpc) is 3.62. The van der Waals surface area contributed by atoms with E-state index in [1.54, 1.807) is 31.4 Å². The van der Waals surface area contributed by atoms with Crippen LogP contribution in [0.5, 0.6) is 0 Å². The molecule has 1 N–H and O–H groups in total.